The van der Waals surface area contributed by atoms with Crippen molar-refractivity contribution >= 4 is 0 Å². The van der Waals surface area contributed by atoms with Crippen LogP contribution < -0.4 is 5.32 Å². The smallest absolute Gasteiger partial charge is 0.0230 e. The Morgan fingerprint density at radius 1 is 1.25 bits per heavy atom. The molecule has 20 heavy (non-hydrogen) atoms. The summed E-state index contributed by atoms with van der Waals surface area (Å²) in [4.78, 5) is 2.48. The van der Waals surface area contributed by atoms with E-state index in [1.807, 2.05) is 0 Å². The maximum atomic E-state index is 3.73. The van der Waals surface area contributed by atoms with Crippen molar-refractivity contribution in [1.82, 2.24) is 10.2 Å². The van der Waals surface area contributed by atoms with Gasteiger partial charge in [0, 0.05) is 19.1 Å². The van der Waals surface area contributed by atoms with Crippen molar-refractivity contribution < 1.29 is 0 Å². The Balaban J connectivity index is 1.92. The maximum absolute atomic E-state index is 3.73. The van der Waals surface area contributed by atoms with Crippen LogP contribution in [0.4, 0.5) is 0 Å². The second-order valence-corrected chi connectivity index (χ2v) is 7.01. The third-order valence-corrected chi connectivity index (χ3v) is 4.74. The Bertz CT molecular complexity index is 399. The quantitative estimate of drug-likeness (QED) is 0.853. The molecule has 0 heterocycles. The molecule has 1 aliphatic rings. The van der Waals surface area contributed by atoms with E-state index in [-0.39, 0.29) is 0 Å². The van der Waals surface area contributed by atoms with Gasteiger partial charge in [-0.15, -0.1) is 0 Å². The predicted octanol–water partition coefficient (Wildman–Crippen LogP) is 3.53. The first-order valence-electron chi connectivity index (χ1n) is 7.99. The molecule has 1 N–H and O–H groups in total. The van der Waals surface area contributed by atoms with Crippen LogP contribution in [0.25, 0.3) is 0 Å². The summed E-state index contributed by atoms with van der Waals surface area (Å²) in [6.07, 6.45) is 2.69. The highest BCUT2D eigenvalue weighted by Gasteiger charge is 2.41. The van der Waals surface area contributed by atoms with Crippen LogP contribution in [0.5, 0.6) is 0 Å². The van der Waals surface area contributed by atoms with Gasteiger partial charge in [-0.3, -0.25) is 0 Å². The van der Waals surface area contributed by atoms with Crippen molar-refractivity contribution in [1.29, 1.82) is 0 Å². The third-order valence-electron chi connectivity index (χ3n) is 4.74. The van der Waals surface area contributed by atoms with Gasteiger partial charge < -0.3 is 10.2 Å². The zero-order valence-corrected chi connectivity index (χ0v) is 13.5. The van der Waals surface area contributed by atoms with Crippen LogP contribution in [0.3, 0.4) is 0 Å². The van der Waals surface area contributed by atoms with Gasteiger partial charge in [0.15, 0.2) is 0 Å². The lowest BCUT2D eigenvalue weighted by Crippen LogP contribution is -2.45. The minimum atomic E-state index is 0.439. The second kappa shape index (κ2) is 6.73. The molecule has 2 heteroatoms. The van der Waals surface area contributed by atoms with Gasteiger partial charge in [0.1, 0.15) is 0 Å². The first kappa shape index (κ1) is 15.5. The topological polar surface area (TPSA) is 15.3 Å². The number of hydrogen-bond donors (Lipinski definition) is 1. The molecule has 1 aromatic carbocycles. The number of benzene rings is 1. The number of rotatable bonds is 6. The van der Waals surface area contributed by atoms with Crippen molar-refractivity contribution in [2.75, 3.05) is 20.1 Å². The van der Waals surface area contributed by atoms with Crippen LogP contribution in [0.1, 0.15) is 39.2 Å². The van der Waals surface area contributed by atoms with Gasteiger partial charge in [0.05, 0.1) is 0 Å². The Morgan fingerprint density at radius 3 is 2.60 bits per heavy atom. The summed E-state index contributed by atoms with van der Waals surface area (Å²) in [6.45, 7) is 10.4. The van der Waals surface area contributed by atoms with E-state index >= 15 is 0 Å². The Morgan fingerprint density at radius 2 is 1.95 bits per heavy atom. The highest BCUT2D eigenvalue weighted by atomic mass is 15.1. The van der Waals surface area contributed by atoms with Crippen molar-refractivity contribution in [2.24, 2.45) is 11.3 Å². The third kappa shape index (κ3) is 3.83. The molecule has 0 amide bonds. The number of nitrogens with one attached hydrogen (secondary N) is 1. The Hall–Kier alpha value is -0.860. The van der Waals surface area contributed by atoms with Crippen LogP contribution in [-0.2, 0) is 6.54 Å². The van der Waals surface area contributed by atoms with Crippen molar-refractivity contribution in [2.45, 2.75) is 46.2 Å². The summed E-state index contributed by atoms with van der Waals surface area (Å²) in [6, 6.07) is 11.4. The molecule has 0 spiro atoms. The average Bonchev–Trinajstić information content (AvgIpc) is 2.68. The molecule has 1 fully saturated rings. The Kier molecular flexibility index (Phi) is 5.22. The summed E-state index contributed by atoms with van der Waals surface area (Å²) >= 11 is 0. The van der Waals surface area contributed by atoms with E-state index in [2.05, 4.69) is 68.4 Å². The van der Waals surface area contributed by atoms with Gasteiger partial charge >= 0.3 is 0 Å². The van der Waals surface area contributed by atoms with Crippen LogP contribution in [0.15, 0.2) is 30.3 Å². The van der Waals surface area contributed by atoms with Crippen LogP contribution >= 0.6 is 0 Å². The first-order valence-corrected chi connectivity index (χ1v) is 7.99. The maximum Gasteiger partial charge on any atom is 0.0230 e. The zero-order chi connectivity index (χ0) is 14.6. The largest absolute Gasteiger partial charge is 0.313 e. The van der Waals surface area contributed by atoms with Gasteiger partial charge in [-0.25, -0.2) is 0 Å². The van der Waals surface area contributed by atoms with Crippen molar-refractivity contribution in [3.05, 3.63) is 35.9 Å². The fourth-order valence-corrected chi connectivity index (χ4v) is 3.74. The lowest BCUT2D eigenvalue weighted by atomic mass is 9.84. The summed E-state index contributed by atoms with van der Waals surface area (Å²) in [5.41, 5.74) is 1.85. The lowest BCUT2D eigenvalue weighted by molar-refractivity contribution is 0.202. The second-order valence-electron chi connectivity index (χ2n) is 7.01. The highest BCUT2D eigenvalue weighted by molar-refractivity contribution is 5.14. The summed E-state index contributed by atoms with van der Waals surface area (Å²) < 4.78 is 0. The molecule has 2 atom stereocenters. The standard InChI is InChI=1S/C18H30N2/c1-5-19-17-16(11-12-18(17,2)3)14-20(4)13-15-9-7-6-8-10-15/h6-10,16-17,19H,5,11-14H2,1-4H3. The molecule has 0 bridgehead atoms. The van der Waals surface area contributed by atoms with E-state index in [1.54, 1.807) is 0 Å². The van der Waals surface area contributed by atoms with Crippen LogP contribution in [-0.4, -0.2) is 31.1 Å². The molecule has 2 rings (SSSR count). The molecule has 0 aromatic heterocycles. The normalized spacial score (nSPS) is 25.2. The average molecular weight is 274 g/mol. The van der Waals surface area contributed by atoms with Gasteiger partial charge in [0.25, 0.3) is 0 Å². The monoisotopic (exact) mass is 274 g/mol. The molecular formula is C18H30N2. The van der Waals surface area contributed by atoms with Crippen molar-refractivity contribution in [3.8, 4) is 0 Å². The van der Waals surface area contributed by atoms with Crippen LogP contribution in [0.2, 0.25) is 0 Å². The molecule has 1 aliphatic carbocycles. The molecule has 2 unspecified atom stereocenters. The van der Waals surface area contributed by atoms with E-state index in [0.29, 0.717) is 11.5 Å². The van der Waals surface area contributed by atoms with Gasteiger partial charge in [-0.05, 0) is 43.3 Å². The molecule has 0 aliphatic heterocycles. The summed E-state index contributed by atoms with van der Waals surface area (Å²) in [5, 5.41) is 3.73. The van der Waals surface area contributed by atoms with E-state index in [4.69, 9.17) is 0 Å². The molecule has 1 aromatic rings. The first-order chi connectivity index (χ1) is 9.53. The number of hydrogen-bond acceptors (Lipinski definition) is 2. The molecular weight excluding hydrogens is 244 g/mol. The van der Waals surface area contributed by atoms with E-state index in [0.717, 1.165) is 19.0 Å². The predicted molar refractivity (Wildman–Crippen MR) is 86.7 cm³/mol. The lowest BCUT2D eigenvalue weighted by Gasteiger charge is -2.33. The molecule has 0 saturated heterocycles. The molecule has 1 saturated carbocycles. The highest BCUT2D eigenvalue weighted by Crippen LogP contribution is 2.41. The fourth-order valence-electron chi connectivity index (χ4n) is 3.74. The molecule has 112 valence electrons. The Labute approximate surface area is 124 Å². The van der Waals surface area contributed by atoms with Gasteiger partial charge in [-0.2, -0.15) is 0 Å². The number of nitrogens with zero attached hydrogens (tertiary/aromatic N) is 1. The minimum Gasteiger partial charge on any atom is -0.313 e. The van der Waals surface area contributed by atoms with Gasteiger partial charge in [-0.1, -0.05) is 51.1 Å². The minimum absolute atomic E-state index is 0.439. The van der Waals surface area contributed by atoms with Gasteiger partial charge in [0.2, 0.25) is 0 Å². The van der Waals surface area contributed by atoms with E-state index in [1.165, 1.54) is 24.9 Å². The zero-order valence-electron chi connectivity index (χ0n) is 13.5. The molecule has 0 radical (unpaired) electrons. The summed E-state index contributed by atoms with van der Waals surface area (Å²) in [7, 11) is 2.25. The van der Waals surface area contributed by atoms with E-state index < -0.39 is 0 Å². The SMILES string of the molecule is CCNC1C(CN(C)Cc2ccccc2)CCC1(C)C. The van der Waals surface area contributed by atoms with E-state index in [9.17, 15) is 0 Å². The molecule has 2 nitrogen and oxygen atoms in total. The van der Waals surface area contributed by atoms with Crippen molar-refractivity contribution in [3.63, 3.8) is 0 Å². The fraction of sp³-hybridized carbons (Fsp3) is 0.667. The van der Waals surface area contributed by atoms with Crippen LogP contribution in [0, 0.1) is 11.3 Å². The summed E-state index contributed by atoms with van der Waals surface area (Å²) in [5.74, 6) is 0.777.